The first-order valence-corrected chi connectivity index (χ1v) is 5.88. The Hall–Kier alpha value is -1.17. The standard InChI is InChI=1S/C7H10O3.C6H10O2.CH4/c1-5(2)7(8)10-4-6-3-9-6;1-2-3-7-4-6-5-8-6;/h6H,1,3-4H2,2H3;2,6H,1,3-5H2;1H4. The van der Waals surface area contributed by atoms with Crippen LogP contribution in [0.5, 0.6) is 0 Å². The zero-order valence-electron chi connectivity index (χ0n) is 10.7. The summed E-state index contributed by atoms with van der Waals surface area (Å²) in [5.74, 6) is -0.337. The molecule has 2 aliphatic rings. The molecule has 0 spiro atoms. The van der Waals surface area contributed by atoms with E-state index in [-0.39, 0.29) is 19.5 Å². The van der Waals surface area contributed by atoms with Crippen molar-refractivity contribution in [3.8, 4) is 0 Å². The van der Waals surface area contributed by atoms with E-state index in [2.05, 4.69) is 13.2 Å². The molecule has 0 aromatic carbocycles. The van der Waals surface area contributed by atoms with Gasteiger partial charge in [0.25, 0.3) is 0 Å². The molecule has 0 aliphatic carbocycles. The number of ether oxygens (including phenoxy) is 4. The summed E-state index contributed by atoms with van der Waals surface area (Å²) in [4.78, 5) is 10.7. The molecule has 2 unspecified atom stereocenters. The lowest BCUT2D eigenvalue weighted by Gasteiger charge is -1.99. The first-order chi connectivity index (χ1) is 8.63. The van der Waals surface area contributed by atoms with E-state index < -0.39 is 0 Å². The zero-order chi connectivity index (χ0) is 13.4. The average molecular weight is 272 g/mol. The van der Waals surface area contributed by atoms with Gasteiger partial charge in [-0.1, -0.05) is 20.1 Å². The summed E-state index contributed by atoms with van der Waals surface area (Å²) in [6.45, 7) is 11.9. The largest absolute Gasteiger partial charge is 0.459 e. The van der Waals surface area contributed by atoms with E-state index in [1.807, 2.05) is 0 Å². The average Bonchev–Trinajstić information content (AvgIpc) is 3.20. The Bertz CT molecular complexity index is 292. The molecule has 0 N–H and O–H groups in total. The molecule has 5 heteroatoms. The summed E-state index contributed by atoms with van der Waals surface area (Å²) in [6.07, 6.45) is 2.26. The molecule has 19 heavy (non-hydrogen) atoms. The van der Waals surface area contributed by atoms with Gasteiger partial charge in [0.05, 0.1) is 26.4 Å². The van der Waals surface area contributed by atoms with Gasteiger partial charge in [0.15, 0.2) is 0 Å². The Kier molecular flexibility index (Phi) is 9.12. The summed E-state index contributed by atoms with van der Waals surface area (Å²) in [5.41, 5.74) is 0.431. The molecule has 2 atom stereocenters. The molecule has 0 amide bonds. The molecule has 0 bridgehead atoms. The van der Waals surface area contributed by atoms with Gasteiger partial charge in [-0.15, -0.1) is 6.58 Å². The zero-order valence-corrected chi connectivity index (χ0v) is 10.7. The van der Waals surface area contributed by atoms with E-state index in [0.717, 1.165) is 13.2 Å². The fourth-order valence-corrected chi connectivity index (χ4v) is 0.903. The molecule has 0 saturated carbocycles. The van der Waals surface area contributed by atoms with E-state index in [1.165, 1.54) is 0 Å². The van der Waals surface area contributed by atoms with Gasteiger partial charge in [-0.2, -0.15) is 0 Å². The number of epoxide rings is 2. The Morgan fingerprint density at radius 3 is 2.26 bits per heavy atom. The Morgan fingerprint density at radius 1 is 1.32 bits per heavy atom. The van der Waals surface area contributed by atoms with Crippen LogP contribution in [0, 0.1) is 0 Å². The fraction of sp³-hybridized carbons (Fsp3) is 0.643. The highest BCUT2D eigenvalue weighted by Crippen LogP contribution is 2.09. The van der Waals surface area contributed by atoms with Crippen LogP contribution < -0.4 is 0 Å². The number of esters is 1. The van der Waals surface area contributed by atoms with E-state index in [4.69, 9.17) is 18.9 Å². The van der Waals surface area contributed by atoms with Crippen LogP contribution in [0.4, 0.5) is 0 Å². The number of carbonyl (C=O) groups excluding carboxylic acids is 1. The van der Waals surface area contributed by atoms with E-state index >= 15 is 0 Å². The molecule has 2 saturated heterocycles. The van der Waals surface area contributed by atoms with Crippen molar-refractivity contribution in [3.05, 3.63) is 24.8 Å². The van der Waals surface area contributed by atoms with Crippen LogP contribution in [0.15, 0.2) is 24.8 Å². The topological polar surface area (TPSA) is 60.6 Å². The minimum Gasteiger partial charge on any atom is -0.459 e. The first-order valence-electron chi connectivity index (χ1n) is 5.88. The third kappa shape index (κ3) is 10.4. The summed E-state index contributed by atoms with van der Waals surface area (Å²) < 4.78 is 19.6. The monoisotopic (exact) mass is 272 g/mol. The second kappa shape index (κ2) is 9.72. The maximum atomic E-state index is 10.7. The lowest BCUT2D eigenvalue weighted by Crippen LogP contribution is -2.09. The molecule has 0 aromatic heterocycles. The molecule has 0 radical (unpaired) electrons. The molecule has 110 valence electrons. The van der Waals surface area contributed by atoms with Crippen molar-refractivity contribution in [1.29, 1.82) is 0 Å². The molecular formula is C14H24O5. The van der Waals surface area contributed by atoms with E-state index in [0.29, 0.717) is 31.5 Å². The summed E-state index contributed by atoms with van der Waals surface area (Å²) >= 11 is 0. The number of carbonyl (C=O) groups is 1. The van der Waals surface area contributed by atoms with Gasteiger partial charge in [0.1, 0.15) is 18.8 Å². The van der Waals surface area contributed by atoms with Crippen LogP contribution in [0.25, 0.3) is 0 Å². The van der Waals surface area contributed by atoms with Crippen LogP contribution in [-0.4, -0.2) is 51.2 Å². The van der Waals surface area contributed by atoms with Gasteiger partial charge in [-0.05, 0) is 6.92 Å². The number of hydrogen-bond acceptors (Lipinski definition) is 5. The van der Waals surface area contributed by atoms with Crippen LogP contribution in [0.2, 0.25) is 0 Å². The minimum atomic E-state index is -0.337. The van der Waals surface area contributed by atoms with Gasteiger partial charge in [-0.25, -0.2) is 4.79 Å². The van der Waals surface area contributed by atoms with Crippen LogP contribution >= 0.6 is 0 Å². The van der Waals surface area contributed by atoms with Gasteiger partial charge < -0.3 is 18.9 Å². The Balaban J connectivity index is 0.000000331. The van der Waals surface area contributed by atoms with Gasteiger partial charge in [-0.3, -0.25) is 0 Å². The highest BCUT2D eigenvalue weighted by atomic mass is 16.6. The lowest BCUT2D eigenvalue weighted by atomic mass is 10.4. The molecule has 2 rings (SSSR count). The van der Waals surface area contributed by atoms with Gasteiger partial charge in [0.2, 0.25) is 0 Å². The second-order valence-corrected chi connectivity index (χ2v) is 4.12. The fourth-order valence-electron chi connectivity index (χ4n) is 0.903. The predicted molar refractivity (Wildman–Crippen MR) is 73.0 cm³/mol. The van der Waals surface area contributed by atoms with Crippen molar-refractivity contribution in [2.45, 2.75) is 26.6 Å². The number of hydrogen-bond donors (Lipinski definition) is 0. The van der Waals surface area contributed by atoms with Gasteiger partial charge >= 0.3 is 5.97 Å². The highest BCUT2D eigenvalue weighted by Gasteiger charge is 2.24. The van der Waals surface area contributed by atoms with Crippen molar-refractivity contribution in [1.82, 2.24) is 0 Å². The van der Waals surface area contributed by atoms with Crippen molar-refractivity contribution in [2.75, 3.05) is 33.0 Å². The highest BCUT2D eigenvalue weighted by molar-refractivity contribution is 5.86. The molecule has 2 heterocycles. The summed E-state index contributed by atoms with van der Waals surface area (Å²) in [5, 5.41) is 0. The Labute approximate surface area is 115 Å². The summed E-state index contributed by atoms with van der Waals surface area (Å²) in [7, 11) is 0. The summed E-state index contributed by atoms with van der Waals surface area (Å²) in [6, 6.07) is 0. The van der Waals surface area contributed by atoms with Crippen molar-refractivity contribution in [2.24, 2.45) is 0 Å². The normalized spacial score (nSPS) is 22.2. The molecule has 2 aliphatic heterocycles. The third-order valence-electron chi connectivity index (χ3n) is 2.09. The Morgan fingerprint density at radius 2 is 1.84 bits per heavy atom. The van der Waals surface area contributed by atoms with Crippen LogP contribution in [-0.2, 0) is 23.7 Å². The van der Waals surface area contributed by atoms with Crippen molar-refractivity contribution >= 4 is 5.97 Å². The van der Waals surface area contributed by atoms with Crippen molar-refractivity contribution in [3.63, 3.8) is 0 Å². The quantitative estimate of drug-likeness (QED) is 0.232. The van der Waals surface area contributed by atoms with Crippen LogP contribution in [0.1, 0.15) is 14.4 Å². The lowest BCUT2D eigenvalue weighted by molar-refractivity contribution is -0.139. The number of rotatable bonds is 7. The molecule has 0 aromatic rings. The smallest absolute Gasteiger partial charge is 0.333 e. The van der Waals surface area contributed by atoms with Crippen molar-refractivity contribution < 1.29 is 23.7 Å². The SMILES string of the molecule is C.C=C(C)C(=O)OCC1CO1.C=CCOCC1CO1. The molecular weight excluding hydrogens is 248 g/mol. The molecule has 2 fully saturated rings. The maximum absolute atomic E-state index is 10.7. The van der Waals surface area contributed by atoms with Gasteiger partial charge in [0, 0.05) is 5.57 Å². The van der Waals surface area contributed by atoms with Crippen LogP contribution in [0.3, 0.4) is 0 Å². The third-order valence-corrected chi connectivity index (χ3v) is 2.09. The second-order valence-electron chi connectivity index (χ2n) is 4.12. The predicted octanol–water partition coefficient (Wildman–Crippen LogP) is 1.73. The maximum Gasteiger partial charge on any atom is 0.333 e. The van der Waals surface area contributed by atoms with E-state index in [1.54, 1.807) is 13.0 Å². The first kappa shape index (κ1) is 17.8. The van der Waals surface area contributed by atoms with E-state index in [9.17, 15) is 4.79 Å². The minimum absolute atomic E-state index is 0. The molecule has 5 nitrogen and oxygen atoms in total.